The van der Waals surface area contributed by atoms with Crippen LogP contribution in [-0.2, 0) is 15.8 Å². The van der Waals surface area contributed by atoms with Gasteiger partial charge in [0.05, 0.1) is 5.56 Å². The summed E-state index contributed by atoms with van der Waals surface area (Å²) >= 11 is 6.23. The number of halogens is 4. The lowest BCUT2D eigenvalue weighted by Gasteiger charge is -2.39. The molecule has 178 valence electrons. The Balaban J connectivity index is 1.78. The number of hydrogen-bond acceptors (Lipinski definition) is 3. The van der Waals surface area contributed by atoms with Crippen LogP contribution < -0.4 is 10.6 Å². The highest BCUT2D eigenvalue weighted by Gasteiger charge is 2.42. The molecular formula is C26H24ClF3N2O2. The minimum Gasteiger partial charge on any atom is -0.362 e. The normalized spacial score (nSPS) is 20.1. The van der Waals surface area contributed by atoms with Gasteiger partial charge in [0.2, 0.25) is 0 Å². The zero-order valence-corrected chi connectivity index (χ0v) is 19.7. The smallest absolute Gasteiger partial charge is 0.362 e. The molecule has 0 bridgehead atoms. The molecular weight excluding hydrogens is 465 g/mol. The average molecular weight is 489 g/mol. The molecule has 1 amide bonds. The number of alkyl halides is 3. The molecule has 8 heteroatoms. The van der Waals surface area contributed by atoms with Crippen molar-refractivity contribution in [2.75, 3.05) is 5.32 Å². The van der Waals surface area contributed by atoms with Gasteiger partial charge in [-0.25, -0.2) is 0 Å². The summed E-state index contributed by atoms with van der Waals surface area (Å²) in [5, 5.41) is 6.28. The van der Waals surface area contributed by atoms with Crippen molar-refractivity contribution in [3.63, 3.8) is 0 Å². The van der Waals surface area contributed by atoms with E-state index in [-0.39, 0.29) is 22.5 Å². The van der Waals surface area contributed by atoms with E-state index in [2.05, 4.69) is 10.6 Å². The second-order valence-corrected chi connectivity index (χ2v) is 9.95. The first-order valence-corrected chi connectivity index (χ1v) is 11.2. The third-order valence-corrected chi connectivity index (χ3v) is 6.35. The fourth-order valence-corrected chi connectivity index (χ4v) is 4.93. The molecule has 4 rings (SSSR count). The van der Waals surface area contributed by atoms with Gasteiger partial charge in [-0.05, 0) is 54.7 Å². The number of ketones is 1. The van der Waals surface area contributed by atoms with Gasteiger partial charge in [-0.2, -0.15) is 13.2 Å². The van der Waals surface area contributed by atoms with Crippen LogP contribution in [0.15, 0.2) is 71.1 Å². The van der Waals surface area contributed by atoms with Crippen molar-refractivity contribution in [3.8, 4) is 0 Å². The van der Waals surface area contributed by atoms with Crippen molar-refractivity contribution >= 4 is 29.0 Å². The van der Waals surface area contributed by atoms with Crippen molar-refractivity contribution in [2.24, 2.45) is 5.41 Å². The molecule has 4 nitrogen and oxygen atoms in total. The van der Waals surface area contributed by atoms with Gasteiger partial charge in [0.25, 0.3) is 5.91 Å². The highest BCUT2D eigenvalue weighted by Crippen LogP contribution is 2.47. The summed E-state index contributed by atoms with van der Waals surface area (Å²) in [5.74, 6) is -1.34. The number of anilines is 1. The zero-order valence-electron chi connectivity index (χ0n) is 18.9. The van der Waals surface area contributed by atoms with E-state index in [0.29, 0.717) is 34.7 Å². The molecule has 0 saturated heterocycles. The Hall–Kier alpha value is -3.06. The topological polar surface area (TPSA) is 58.2 Å². The lowest BCUT2D eigenvalue weighted by atomic mass is 9.68. The summed E-state index contributed by atoms with van der Waals surface area (Å²) in [6.45, 7) is 5.76. The van der Waals surface area contributed by atoms with E-state index in [1.54, 1.807) is 31.2 Å². The van der Waals surface area contributed by atoms with Crippen LogP contribution in [0.5, 0.6) is 0 Å². The highest BCUT2D eigenvalue weighted by molar-refractivity contribution is 6.30. The molecule has 2 N–H and O–H groups in total. The van der Waals surface area contributed by atoms with Crippen LogP contribution in [0, 0.1) is 5.41 Å². The number of Topliss-reactive ketones (excluding diaryl/α,β-unsaturated/α-hetero) is 1. The maximum atomic E-state index is 13.5. The fraction of sp³-hybridized carbons (Fsp3) is 0.308. The third kappa shape index (κ3) is 4.75. The van der Waals surface area contributed by atoms with Crippen molar-refractivity contribution in [3.05, 3.63) is 87.2 Å². The molecule has 2 aromatic rings. The van der Waals surface area contributed by atoms with Crippen LogP contribution in [-0.4, -0.2) is 11.7 Å². The summed E-state index contributed by atoms with van der Waals surface area (Å²) in [4.78, 5) is 26.7. The summed E-state index contributed by atoms with van der Waals surface area (Å²) in [6, 6.07) is 11.4. The first-order chi connectivity index (χ1) is 15.9. The number of benzene rings is 2. The van der Waals surface area contributed by atoms with Crippen molar-refractivity contribution < 1.29 is 22.8 Å². The third-order valence-electron chi connectivity index (χ3n) is 6.11. The van der Waals surface area contributed by atoms with E-state index in [1.165, 1.54) is 12.1 Å². The number of allylic oxidation sites excluding steroid dienone is 3. The Morgan fingerprint density at radius 3 is 2.50 bits per heavy atom. The molecule has 1 aliphatic carbocycles. The van der Waals surface area contributed by atoms with Crippen molar-refractivity contribution in [1.29, 1.82) is 0 Å². The minimum absolute atomic E-state index is 0.0147. The molecule has 0 unspecified atom stereocenters. The van der Waals surface area contributed by atoms with Crippen LogP contribution >= 0.6 is 11.6 Å². The summed E-state index contributed by atoms with van der Waals surface area (Å²) < 4.78 is 39.4. The lowest BCUT2D eigenvalue weighted by Crippen LogP contribution is -2.39. The zero-order chi connectivity index (χ0) is 24.8. The molecule has 0 aromatic heterocycles. The standard InChI is InChI=1S/C26H24ClF3N2O2/c1-14-21(24(34)32-18-9-5-7-16(11-18)26(28,29)30)22(15-6-4-8-17(27)10-15)23-19(31-14)12-25(2,3)13-20(23)33/h4-11,22,31H,12-13H2,1-3H3,(H,32,34)/t22-/m0/s1. The van der Waals surface area contributed by atoms with Gasteiger partial charge in [-0.1, -0.05) is 43.6 Å². The van der Waals surface area contributed by atoms with Crippen LogP contribution in [0.2, 0.25) is 5.02 Å². The molecule has 1 atom stereocenters. The Morgan fingerprint density at radius 1 is 1.12 bits per heavy atom. The Kier molecular flexibility index (Phi) is 6.10. The van der Waals surface area contributed by atoms with E-state index < -0.39 is 23.6 Å². The van der Waals surface area contributed by atoms with Gasteiger partial charge in [0, 0.05) is 45.6 Å². The molecule has 2 aliphatic rings. The number of carbonyl (C=O) groups excluding carboxylic acids is 2. The molecule has 2 aromatic carbocycles. The van der Waals surface area contributed by atoms with Gasteiger partial charge in [0.15, 0.2) is 5.78 Å². The number of carbonyl (C=O) groups is 2. The van der Waals surface area contributed by atoms with E-state index in [4.69, 9.17) is 11.6 Å². The Morgan fingerprint density at radius 2 is 1.82 bits per heavy atom. The molecule has 0 radical (unpaired) electrons. The predicted octanol–water partition coefficient (Wildman–Crippen LogP) is 6.60. The first-order valence-electron chi connectivity index (χ1n) is 10.8. The predicted molar refractivity (Wildman–Crippen MR) is 125 cm³/mol. The second kappa shape index (κ2) is 8.62. The minimum atomic E-state index is -4.54. The number of dihydropyridines is 1. The SMILES string of the molecule is CC1=C(C(=O)Nc2cccc(C(F)(F)F)c2)[C@H](c2cccc(Cl)c2)C2=C(CC(C)(C)CC2=O)N1. The maximum absolute atomic E-state index is 13.5. The molecule has 0 spiro atoms. The first kappa shape index (κ1) is 24.1. The molecule has 1 heterocycles. The lowest BCUT2D eigenvalue weighted by molar-refractivity contribution is -0.137. The van der Waals surface area contributed by atoms with E-state index >= 15 is 0 Å². The molecule has 0 saturated carbocycles. The Bertz CT molecular complexity index is 1240. The number of rotatable bonds is 3. The van der Waals surface area contributed by atoms with E-state index in [1.807, 2.05) is 13.8 Å². The van der Waals surface area contributed by atoms with Crippen LogP contribution in [0.25, 0.3) is 0 Å². The molecule has 1 aliphatic heterocycles. The molecule has 34 heavy (non-hydrogen) atoms. The van der Waals surface area contributed by atoms with Gasteiger partial charge in [-0.3, -0.25) is 9.59 Å². The van der Waals surface area contributed by atoms with Crippen LogP contribution in [0.4, 0.5) is 18.9 Å². The summed E-state index contributed by atoms with van der Waals surface area (Å²) in [6.07, 6.45) is -3.58. The fourth-order valence-electron chi connectivity index (χ4n) is 4.73. The van der Waals surface area contributed by atoms with Gasteiger partial charge < -0.3 is 10.6 Å². The van der Waals surface area contributed by atoms with Crippen LogP contribution in [0.3, 0.4) is 0 Å². The van der Waals surface area contributed by atoms with Gasteiger partial charge in [-0.15, -0.1) is 0 Å². The summed E-state index contributed by atoms with van der Waals surface area (Å²) in [7, 11) is 0. The van der Waals surface area contributed by atoms with Crippen molar-refractivity contribution in [1.82, 2.24) is 5.32 Å². The number of nitrogens with one attached hydrogen (secondary N) is 2. The van der Waals surface area contributed by atoms with Crippen molar-refractivity contribution in [2.45, 2.75) is 45.7 Å². The maximum Gasteiger partial charge on any atom is 0.416 e. The van der Waals surface area contributed by atoms with Crippen LogP contribution in [0.1, 0.15) is 50.7 Å². The Labute approximate surface area is 200 Å². The molecule has 0 fully saturated rings. The van der Waals surface area contributed by atoms with Gasteiger partial charge in [0.1, 0.15) is 0 Å². The van der Waals surface area contributed by atoms with Gasteiger partial charge >= 0.3 is 6.18 Å². The number of hydrogen-bond donors (Lipinski definition) is 2. The second-order valence-electron chi connectivity index (χ2n) is 9.52. The quantitative estimate of drug-likeness (QED) is 0.511. The van der Waals surface area contributed by atoms with E-state index in [9.17, 15) is 22.8 Å². The number of amides is 1. The van der Waals surface area contributed by atoms with E-state index in [0.717, 1.165) is 17.8 Å². The monoisotopic (exact) mass is 488 g/mol. The average Bonchev–Trinajstić information content (AvgIpc) is 2.71. The summed E-state index contributed by atoms with van der Waals surface area (Å²) in [5.41, 5.74) is 1.66. The largest absolute Gasteiger partial charge is 0.416 e. The highest BCUT2D eigenvalue weighted by atomic mass is 35.5.